The molecule has 112 valence electrons. The van der Waals surface area contributed by atoms with Gasteiger partial charge in [0.15, 0.2) is 0 Å². The van der Waals surface area contributed by atoms with Gasteiger partial charge in [-0.3, -0.25) is 9.59 Å². The van der Waals surface area contributed by atoms with Gasteiger partial charge in [0, 0.05) is 25.2 Å². The SMILES string of the molecule is CC(CCNC(=O)c1cccn1C(C)C)CCC(=O)O. The number of hydrogen-bond donors (Lipinski definition) is 2. The molecule has 0 spiro atoms. The van der Waals surface area contributed by atoms with Crippen LogP contribution in [-0.4, -0.2) is 28.1 Å². The number of amides is 1. The van der Waals surface area contributed by atoms with E-state index < -0.39 is 5.97 Å². The summed E-state index contributed by atoms with van der Waals surface area (Å²) in [7, 11) is 0. The van der Waals surface area contributed by atoms with E-state index in [0.717, 1.165) is 6.42 Å². The highest BCUT2D eigenvalue weighted by Gasteiger charge is 2.12. The van der Waals surface area contributed by atoms with Crippen molar-refractivity contribution in [3.8, 4) is 0 Å². The quantitative estimate of drug-likeness (QED) is 0.769. The molecule has 0 aliphatic rings. The minimum atomic E-state index is -0.768. The molecule has 1 amide bonds. The van der Waals surface area contributed by atoms with Gasteiger partial charge in [-0.15, -0.1) is 0 Å². The Hall–Kier alpha value is -1.78. The van der Waals surface area contributed by atoms with Gasteiger partial charge in [-0.1, -0.05) is 6.92 Å². The summed E-state index contributed by atoms with van der Waals surface area (Å²) >= 11 is 0. The van der Waals surface area contributed by atoms with Crippen LogP contribution in [0.1, 0.15) is 56.6 Å². The maximum absolute atomic E-state index is 12.1. The standard InChI is InChI=1S/C15H24N2O3/c1-11(2)17-10-4-5-13(17)15(20)16-9-8-12(3)6-7-14(18)19/h4-5,10-12H,6-9H2,1-3H3,(H,16,20)(H,18,19). The number of aromatic nitrogens is 1. The third-order valence-electron chi connectivity index (χ3n) is 3.34. The number of carbonyl (C=O) groups is 2. The van der Waals surface area contributed by atoms with Crippen molar-refractivity contribution in [2.75, 3.05) is 6.54 Å². The van der Waals surface area contributed by atoms with Gasteiger partial charge in [0.05, 0.1) is 0 Å². The summed E-state index contributed by atoms with van der Waals surface area (Å²) in [6.45, 7) is 6.64. The van der Waals surface area contributed by atoms with Gasteiger partial charge in [0.2, 0.25) is 0 Å². The topological polar surface area (TPSA) is 71.3 Å². The average Bonchev–Trinajstić information content (AvgIpc) is 2.85. The zero-order chi connectivity index (χ0) is 15.1. The van der Waals surface area contributed by atoms with Crippen molar-refractivity contribution in [1.82, 2.24) is 9.88 Å². The minimum absolute atomic E-state index is 0.0749. The zero-order valence-electron chi connectivity index (χ0n) is 12.4. The largest absolute Gasteiger partial charge is 0.481 e. The third kappa shape index (κ3) is 5.07. The summed E-state index contributed by atoms with van der Waals surface area (Å²) in [5.74, 6) is -0.548. The van der Waals surface area contributed by atoms with Crippen LogP contribution >= 0.6 is 0 Å². The molecule has 1 atom stereocenters. The average molecular weight is 280 g/mol. The van der Waals surface area contributed by atoms with Crippen LogP contribution < -0.4 is 5.32 Å². The normalized spacial score (nSPS) is 12.4. The molecule has 0 saturated carbocycles. The van der Waals surface area contributed by atoms with E-state index in [4.69, 9.17) is 5.11 Å². The molecular formula is C15H24N2O3. The van der Waals surface area contributed by atoms with E-state index >= 15 is 0 Å². The lowest BCUT2D eigenvalue weighted by Crippen LogP contribution is -2.28. The van der Waals surface area contributed by atoms with Crippen molar-refractivity contribution in [3.63, 3.8) is 0 Å². The molecule has 0 saturated heterocycles. The molecule has 1 rings (SSSR count). The minimum Gasteiger partial charge on any atom is -0.481 e. The molecule has 0 bridgehead atoms. The lowest BCUT2D eigenvalue weighted by Gasteiger charge is -2.14. The zero-order valence-corrected chi connectivity index (χ0v) is 12.4. The first-order valence-electron chi connectivity index (χ1n) is 7.08. The van der Waals surface area contributed by atoms with Crippen LogP contribution in [-0.2, 0) is 4.79 Å². The fourth-order valence-electron chi connectivity index (χ4n) is 2.07. The van der Waals surface area contributed by atoms with Crippen molar-refractivity contribution in [3.05, 3.63) is 24.0 Å². The van der Waals surface area contributed by atoms with Crippen molar-refractivity contribution < 1.29 is 14.7 Å². The predicted octanol–water partition coefficient (Wildman–Crippen LogP) is 2.69. The van der Waals surface area contributed by atoms with E-state index in [9.17, 15) is 9.59 Å². The first kappa shape index (κ1) is 16.3. The maximum atomic E-state index is 12.1. The van der Waals surface area contributed by atoms with Crippen LogP contribution in [0.2, 0.25) is 0 Å². The lowest BCUT2D eigenvalue weighted by atomic mass is 10.0. The van der Waals surface area contributed by atoms with Gasteiger partial charge in [-0.25, -0.2) is 0 Å². The second kappa shape index (κ2) is 7.72. The number of hydrogen-bond acceptors (Lipinski definition) is 2. The highest BCUT2D eigenvalue weighted by Crippen LogP contribution is 2.12. The van der Waals surface area contributed by atoms with E-state index in [1.807, 2.05) is 43.7 Å². The molecule has 20 heavy (non-hydrogen) atoms. The fourth-order valence-corrected chi connectivity index (χ4v) is 2.07. The molecule has 0 aliphatic heterocycles. The van der Waals surface area contributed by atoms with Crippen molar-refractivity contribution in [2.24, 2.45) is 5.92 Å². The Morgan fingerprint density at radius 2 is 2.00 bits per heavy atom. The first-order valence-corrected chi connectivity index (χ1v) is 7.08. The molecule has 2 N–H and O–H groups in total. The highest BCUT2D eigenvalue weighted by atomic mass is 16.4. The summed E-state index contributed by atoms with van der Waals surface area (Å²) in [6, 6.07) is 3.92. The summed E-state index contributed by atoms with van der Waals surface area (Å²) < 4.78 is 1.93. The van der Waals surface area contributed by atoms with Crippen molar-refractivity contribution in [1.29, 1.82) is 0 Å². The lowest BCUT2D eigenvalue weighted by molar-refractivity contribution is -0.137. The number of aliphatic carboxylic acids is 1. The molecule has 0 aromatic carbocycles. The molecule has 5 heteroatoms. The molecule has 0 aliphatic carbocycles. The van der Waals surface area contributed by atoms with Gasteiger partial charge in [-0.2, -0.15) is 0 Å². The highest BCUT2D eigenvalue weighted by molar-refractivity contribution is 5.92. The van der Waals surface area contributed by atoms with Gasteiger partial charge >= 0.3 is 5.97 Å². The van der Waals surface area contributed by atoms with Crippen molar-refractivity contribution >= 4 is 11.9 Å². The smallest absolute Gasteiger partial charge is 0.303 e. The molecule has 0 fully saturated rings. The Labute approximate surface area is 120 Å². The summed E-state index contributed by atoms with van der Waals surface area (Å²) in [5, 5.41) is 11.5. The second-order valence-corrected chi connectivity index (χ2v) is 5.48. The summed E-state index contributed by atoms with van der Waals surface area (Å²) in [5.41, 5.74) is 0.665. The van der Waals surface area contributed by atoms with Crippen LogP contribution in [0.5, 0.6) is 0 Å². The molecule has 1 aromatic rings. The van der Waals surface area contributed by atoms with Gasteiger partial charge < -0.3 is 15.0 Å². The van der Waals surface area contributed by atoms with Gasteiger partial charge in [-0.05, 0) is 44.7 Å². The first-order chi connectivity index (χ1) is 9.41. The number of carboxylic acids is 1. The van der Waals surface area contributed by atoms with E-state index in [0.29, 0.717) is 24.6 Å². The number of rotatable bonds is 8. The Bertz CT molecular complexity index is 452. The van der Waals surface area contributed by atoms with Crippen LogP contribution in [0.15, 0.2) is 18.3 Å². The molecular weight excluding hydrogens is 256 g/mol. The van der Waals surface area contributed by atoms with Gasteiger partial charge in [0.1, 0.15) is 5.69 Å². The molecule has 1 aromatic heterocycles. The Morgan fingerprint density at radius 3 is 2.60 bits per heavy atom. The number of carbonyl (C=O) groups excluding carboxylic acids is 1. The Kier molecular flexibility index (Phi) is 6.28. The molecule has 1 unspecified atom stereocenters. The van der Waals surface area contributed by atoms with Crippen LogP contribution in [0, 0.1) is 5.92 Å². The van der Waals surface area contributed by atoms with Crippen LogP contribution in [0.3, 0.4) is 0 Å². The van der Waals surface area contributed by atoms with Gasteiger partial charge in [0.25, 0.3) is 5.91 Å². The maximum Gasteiger partial charge on any atom is 0.303 e. The summed E-state index contributed by atoms with van der Waals surface area (Å²) in [4.78, 5) is 22.5. The Balaban J connectivity index is 2.36. The Morgan fingerprint density at radius 1 is 1.30 bits per heavy atom. The molecule has 0 radical (unpaired) electrons. The van der Waals surface area contributed by atoms with E-state index in [2.05, 4.69) is 5.32 Å². The number of nitrogens with one attached hydrogen (secondary N) is 1. The van der Waals surface area contributed by atoms with Crippen LogP contribution in [0.25, 0.3) is 0 Å². The van der Waals surface area contributed by atoms with E-state index in [-0.39, 0.29) is 18.4 Å². The molecule has 5 nitrogen and oxygen atoms in total. The molecule has 1 heterocycles. The van der Waals surface area contributed by atoms with Crippen LogP contribution in [0.4, 0.5) is 0 Å². The van der Waals surface area contributed by atoms with Crippen molar-refractivity contribution in [2.45, 2.75) is 46.1 Å². The van der Waals surface area contributed by atoms with E-state index in [1.54, 1.807) is 0 Å². The third-order valence-corrected chi connectivity index (χ3v) is 3.34. The number of carboxylic acid groups (broad SMARTS) is 1. The number of nitrogens with zero attached hydrogens (tertiary/aromatic N) is 1. The monoisotopic (exact) mass is 280 g/mol. The van der Waals surface area contributed by atoms with E-state index in [1.165, 1.54) is 0 Å². The fraction of sp³-hybridized carbons (Fsp3) is 0.600. The second-order valence-electron chi connectivity index (χ2n) is 5.48. The predicted molar refractivity (Wildman–Crippen MR) is 77.8 cm³/mol. The summed E-state index contributed by atoms with van der Waals surface area (Å²) in [6.07, 6.45) is 3.52.